The summed E-state index contributed by atoms with van der Waals surface area (Å²) in [5, 5.41) is 9.10. The summed E-state index contributed by atoms with van der Waals surface area (Å²) in [6.07, 6.45) is 24.0. The van der Waals surface area contributed by atoms with Gasteiger partial charge in [-0.1, -0.05) is 56.2 Å². The minimum absolute atomic E-state index is 0.103. The molecule has 1 N–H and O–H groups in total. The lowest BCUT2D eigenvalue weighted by atomic mass is 10.1. The first-order chi connectivity index (χ1) is 14.1. The van der Waals surface area contributed by atoms with E-state index in [2.05, 4.69) is 43.4 Å². The predicted molar refractivity (Wildman–Crippen MR) is 116 cm³/mol. The summed E-state index contributed by atoms with van der Waals surface area (Å²) in [5.74, 6) is -0.572. The monoisotopic (exact) mass is 402 g/mol. The Morgan fingerprint density at radius 2 is 1.62 bits per heavy atom. The van der Waals surface area contributed by atoms with Crippen LogP contribution in [0.3, 0.4) is 0 Å². The molecular formula is C24H34O5. The van der Waals surface area contributed by atoms with Crippen LogP contribution in [0.25, 0.3) is 0 Å². The lowest BCUT2D eigenvalue weighted by Crippen LogP contribution is -2.06. The Bertz CT molecular complexity index is 712. The van der Waals surface area contributed by atoms with E-state index < -0.39 is 11.2 Å². The minimum atomic E-state index is -0.553. The van der Waals surface area contributed by atoms with E-state index in [1.165, 1.54) is 25.7 Å². The van der Waals surface area contributed by atoms with Crippen LogP contribution in [0.2, 0.25) is 0 Å². The zero-order valence-electron chi connectivity index (χ0n) is 17.5. The van der Waals surface area contributed by atoms with E-state index in [1.807, 2.05) is 0 Å². The van der Waals surface area contributed by atoms with Crippen LogP contribution in [0.5, 0.6) is 5.75 Å². The summed E-state index contributed by atoms with van der Waals surface area (Å²) in [5.41, 5.74) is -0.553. The molecule has 0 spiro atoms. The van der Waals surface area contributed by atoms with Crippen molar-refractivity contribution >= 4 is 5.97 Å². The fraction of sp³-hybridized carbons (Fsp3) is 0.500. The minimum Gasteiger partial charge on any atom is -0.502 e. The second kappa shape index (κ2) is 16.4. The predicted octanol–water partition coefficient (Wildman–Crippen LogP) is 5.98. The van der Waals surface area contributed by atoms with Crippen LogP contribution in [0.15, 0.2) is 58.0 Å². The molecule has 0 atom stereocenters. The molecule has 0 fully saturated rings. The number of carbonyl (C=O) groups excluding carboxylic acids is 1. The average Bonchev–Trinajstić information content (AvgIpc) is 2.71. The fourth-order valence-electron chi connectivity index (χ4n) is 2.56. The van der Waals surface area contributed by atoms with E-state index in [0.717, 1.165) is 44.4 Å². The molecule has 0 aliphatic carbocycles. The third kappa shape index (κ3) is 13.3. The summed E-state index contributed by atoms with van der Waals surface area (Å²) in [6, 6.07) is 1.12. The number of allylic oxidation sites excluding steroid dienone is 6. The maximum absolute atomic E-state index is 11.7. The second-order valence-electron chi connectivity index (χ2n) is 6.88. The Kier molecular flexibility index (Phi) is 13.8. The van der Waals surface area contributed by atoms with E-state index in [1.54, 1.807) is 0 Å². The lowest BCUT2D eigenvalue weighted by Gasteiger charge is -2.03. The molecule has 160 valence electrons. The van der Waals surface area contributed by atoms with Gasteiger partial charge >= 0.3 is 5.97 Å². The number of unbranched alkanes of at least 4 members (excludes halogenated alkanes) is 5. The van der Waals surface area contributed by atoms with Crippen LogP contribution < -0.4 is 5.43 Å². The van der Waals surface area contributed by atoms with Crippen molar-refractivity contribution in [2.75, 3.05) is 0 Å². The molecule has 0 aromatic carbocycles. The molecule has 29 heavy (non-hydrogen) atoms. The van der Waals surface area contributed by atoms with Crippen LogP contribution in [-0.4, -0.2) is 11.1 Å². The summed E-state index contributed by atoms with van der Waals surface area (Å²) >= 11 is 0. The van der Waals surface area contributed by atoms with E-state index in [4.69, 9.17) is 14.3 Å². The van der Waals surface area contributed by atoms with Gasteiger partial charge in [0.05, 0.1) is 0 Å². The Morgan fingerprint density at radius 3 is 2.24 bits per heavy atom. The number of hydrogen-bond donors (Lipinski definition) is 1. The van der Waals surface area contributed by atoms with E-state index in [0.29, 0.717) is 6.42 Å². The van der Waals surface area contributed by atoms with Crippen molar-refractivity contribution in [1.82, 2.24) is 0 Å². The number of hydrogen-bond acceptors (Lipinski definition) is 5. The first-order valence-corrected chi connectivity index (χ1v) is 10.5. The topological polar surface area (TPSA) is 76.7 Å². The van der Waals surface area contributed by atoms with Crippen molar-refractivity contribution in [3.05, 3.63) is 64.8 Å². The maximum atomic E-state index is 11.7. The van der Waals surface area contributed by atoms with Crippen molar-refractivity contribution in [3.63, 3.8) is 0 Å². The van der Waals surface area contributed by atoms with Crippen molar-refractivity contribution in [3.8, 4) is 5.75 Å². The Labute approximate surface area is 173 Å². The standard InChI is InChI=1S/C24H34O5/c1-2-3-4-5-6-7-8-9-10-11-12-13-14-15-16-17-24(27)29-19-21-18-22(25)23(26)20-28-21/h6-7,9-10,12-13,18,20,26H,2-5,8,11,14-17,19H2,1H3. The van der Waals surface area contributed by atoms with Crippen molar-refractivity contribution in [2.45, 2.75) is 77.7 Å². The number of esters is 1. The number of ether oxygens (including phenoxy) is 1. The first kappa shape index (κ1) is 24.5. The van der Waals surface area contributed by atoms with Gasteiger partial charge in [-0.05, 0) is 44.9 Å². The highest BCUT2D eigenvalue weighted by Crippen LogP contribution is 2.07. The SMILES string of the molecule is CCCCCC=CCC=CCC=CCCCCC(=O)OCc1cc(=O)c(O)co1. The Balaban J connectivity index is 2.00. The smallest absolute Gasteiger partial charge is 0.306 e. The first-order valence-electron chi connectivity index (χ1n) is 10.5. The summed E-state index contributed by atoms with van der Waals surface area (Å²) in [7, 11) is 0. The van der Waals surface area contributed by atoms with Gasteiger partial charge in [0.15, 0.2) is 5.75 Å². The molecule has 5 heteroatoms. The van der Waals surface area contributed by atoms with Crippen LogP contribution in [-0.2, 0) is 16.1 Å². The van der Waals surface area contributed by atoms with Crippen LogP contribution in [0.4, 0.5) is 0 Å². The summed E-state index contributed by atoms with van der Waals surface area (Å²) in [4.78, 5) is 22.9. The average molecular weight is 403 g/mol. The highest BCUT2D eigenvalue weighted by Gasteiger charge is 2.06. The second-order valence-corrected chi connectivity index (χ2v) is 6.88. The Morgan fingerprint density at radius 1 is 1.00 bits per heavy atom. The zero-order chi connectivity index (χ0) is 21.2. The highest BCUT2D eigenvalue weighted by molar-refractivity contribution is 5.69. The van der Waals surface area contributed by atoms with Gasteiger partial charge < -0.3 is 14.3 Å². The molecule has 0 saturated carbocycles. The van der Waals surface area contributed by atoms with Gasteiger partial charge in [0.25, 0.3) is 0 Å². The fourth-order valence-corrected chi connectivity index (χ4v) is 2.56. The zero-order valence-corrected chi connectivity index (χ0v) is 17.5. The van der Waals surface area contributed by atoms with Crippen LogP contribution in [0, 0.1) is 0 Å². The molecule has 1 rings (SSSR count). The van der Waals surface area contributed by atoms with Crippen molar-refractivity contribution in [2.24, 2.45) is 0 Å². The lowest BCUT2D eigenvalue weighted by molar-refractivity contribution is -0.145. The molecule has 0 radical (unpaired) electrons. The molecule has 0 bridgehead atoms. The molecule has 0 aliphatic heterocycles. The molecular weight excluding hydrogens is 368 g/mol. The third-order valence-electron chi connectivity index (χ3n) is 4.26. The number of aromatic hydroxyl groups is 1. The molecule has 5 nitrogen and oxygen atoms in total. The van der Waals surface area contributed by atoms with Gasteiger partial charge in [0, 0.05) is 12.5 Å². The van der Waals surface area contributed by atoms with Gasteiger partial charge in [-0.15, -0.1) is 0 Å². The Hall–Kier alpha value is -2.56. The highest BCUT2D eigenvalue weighted by atomic mass is 16.5. The van der Waals surface area contributed by atoms with Gasteiger partial charge in [-0.3, -0.25) is 9.59 Å². The quantitative estimate of drug-likeness (QED) is 0.222. The van der Waals surface area contributed by atoms with Crippen LogP contribution in [0.1, 0.15) is 76.9 Å². The molecule has 0 amide bonds. The molecule has 0 unspecified atom stereocenters. The molecule has 1 aromatic heterocycles. The molecule has 1 aromatic rings. The van der Waals surface area contributed by atoms with Crippen molar-refractivity contribution < 1.29 is 19.1 Å². The molecule has 1 heterocycles. The van der Waals surface area contributed by atoms with E-state index in [-0.39, 0.29) is 18.3 Å². The number of rotatable bonds is 15. The molecule has 0 aliphatic rings. The van der Waals surface area contributed by atoms with E-state index in [9.17, 15) is 9.59 Å². The largest absolute Gasteiger partial charge is 0.502 e. The molecule has 0 saturated heterocycles. The van der Waals surface area contributed by atoms with Crippen LogP contribution >= 0.6 is 0 Å². The summed E-state index contributed by atoms with van der Waals surface area (Å²) < 4.78 is 10.0. The number of carbonyl (C=O) groups is 1. The van der Waals surface area contributed by atoms with E-state index >= 15 is 0 Å². The summed E-state index contributed by atoms with van der Waals surface area (Å²) in [6.45, 7) is 2.12. The van der Waals surface area contributed by atoms with Gasteiger partial charge in [-0.2, -0.15) is 0 Å². The van der Waals surface area contributed by atoms with Gasteiger partial charge in [0.1, 0.15) is 18.6 Å². The van der Waals surface area contributed by atoms with Gasteiger partial charge in [-0.25, -0.2) is 0 Å². The third-order valence-corrected chi connectivity index (χ3v) is 4.26. The van der Waals surface area contributed by atoms with Gasteiger partial charge in [0.2, 0.25) is 5.43 Å². The van der Waals surface area contributed by atoms with Crippen molar-refractivity contribution in [1.29, 1.82) is 0 Å². The normalized spacial score (nSPS) is 11.8. The maximum Gasteiger partial charge on any atom is 0.306 e.